The van der Waals surface area contributed by atoms with E-state index in [9.17, 15) is 0 Å². The molecule has 0 saturated heterocycles. The van der Waals surface area contributed by atoms with Gasteiger partial charge >= 0.3 is 0 Å². The summed E-state index contributed by atoms with van der Waals surface area (Å²) < 4.78 is 7.91. The van der Waals surface area contributed by atoms with E-state index < -0.39 is 0 Å². The third-order valence-corrected chi connectivity index (χ3v) is 6.25. The van der Waals surface area contributed by atoms with Crippen molar-refractivity contribution in [3.8, 4) is 34.2 Å². The summed E-state index contributed by atoms with van der Waals surface area (Å²) in [5.74, 6) is 1.25. The zero-order valence-electron chi connectivity index (χ0n) is 20.3. The first-order chi connectivity index (χ1) is 18.7. The van der Waals surface area contributed by atoms with Gasteiger partial charge in [0, 0.05) is 24.2 Å². The van der Waals surface area contributed by atoms with Crippen LogP contribution in [0.1, 0.15) is 11.3 Å². The van der Waals surface area contributed by atoms with Crippen LogP contribution >= 0.6 is 0 Å². The minimum Gasteiger partial charge on any atom is -0.487 e. The quantitative estimate of drug-likeness (QED) is 0.329. The van der Waals surface area contributed by atoms with E-state index in [0.717, 1.165) is 39.2 Å². The summed E-state index contributed by atoms with van der Waals surface area (Å²) in [6.07, 6.45) is 8.94. The molecule has 10 heteroatoms. The van der Waals surface area contributed by atoms with Crippen LogP contribution in [0, 0.1) is 6.92 Å². The first-order valence-corrected chi connectivity index (χ1v) is 12.0. The van der Waals surface area contributed by atoms with Gasteiger partial charge in [-0.1, -0.05) is 30.3 Å². The highest BCUT2D eigenvalue weighted by Gasteiger charge is 2.17. The Bertz CT molecular complexity index is 1900. The second-order valence-electron chi connectivity index (χ2n) is 8.88. The van der Waals surface area contributed by atoms with E-state index in [1.54, 1.807) is 24.9 Å². The van der Waals surface area contributed by atoms with Crippen LogP contribution in [0.25, 0.3) is 50.7 Å². The van der Waals surface area contributed by atoms with E-state index in [2.05, 4.69) is 30.1 Å². The normalized spacial score (nSPS) is 11.4. The number of nitrogens with one attached hydrogen (secondary N) is 2. The molecule has 0 unspecified atom stereocenters. The Morgan fingerprint density at radius 3 is 2.76 bits per heavy atom. The number of nitrogens with zero attached hydrogens (tertiary/aromatic N) is 7. The number of hydrogen-bond acceptors (Lipinski definition) is 7. The van der Waals surface area contributed by atoms with Crippen molar-refractivity contribution in [2.24, 2.45) is 0 Å². The maximum Gasteiger partial charge on any atom is 0.180 e. The Balaban J connectivity index is 1.24. The smallest absolute Gasteiger partial charge is 0.180 e. The lowest BCUT2D eigenvalue weighted by atomic mass is 10.1. The van der Waals surface area contributed by atoms with E-state index >= 15 is 0 Å². The molecule has 0 saturated carbocycles. The van der Waals surface area contributed by atoms with Gasteiger partial charge in [-0.25, -0.2) is 19.9 Å². The number of ether oxygens (including phenoxy) is 1. The number of H-pyrrole nitrogens is 2. The number of rotatable bonds is 6. The topological polar surface area (TPSA) is 123 Å². The van der Waals surface area contributed by atoms with Crippen LogP contribution in [0.5, 0.6) is 5.75 Å². The molecule has 1 aromatic carbocycles. The van der Waals surface area contributed by atoms with Crippen molar-refractivity contribution in [3.05, 3.63) is 97.0 Å². The summed E-state index contributed by atoms with van der Waals surface area (Å²) in [5, 5.41) is 7.57. The van der Waals surface area contributed by atoms with E-state index in [-0.39, 0.29) is 0 Å². The zero-order chi connectivity index (χ0) is 25.5. The fourth-order valence-corrected chi connectivity index (χ4v) is 4.38. The number of benzene rings is 1. The maximum absolute atomic E-state index is 5.97. The molecular weight excluding hydrogens is 478 g/mol. The lowest BCUT2D eigenvalue weighted by molar-refractivity contribution is 0.305. The minimum atomic E-state index is 0.463. The third kappa shape index (κ3) is 3.94. The Hall–Kier alpha value is -5.38. The third-order valence-electron chi connectivity index (χ3n) is 6.25. The molecule has 10 nitrogen and oxygen atoms in total. The Labute approximate surface area is 216 Å². The molecule has 0 bridgehead atoms. The van der Waals surface area contributed by atoms with Gasteiger partial charge in [0.2, 0.25) is 0 Å². The van der Waals surface area contributed by atoms with Gasteiger partial charge in [0.25, 0.3) is 0 Å². The minimum absolute atomic E-state index is 0.463. The highest BCUT2D eigenvalue weighted by Crippen LogP contribution is 2.29. The van der Waals surface area contributed by atoms with Crippen molar-refractivity contribution in [1.82, 2.24) is 44.7 Å². The van der Waals surface area contributed by atoms with Crippen LogP contribution in [-0.4, -0.2) is 44.7 Å². The first kappa shape index (κ1) is 21.9. The van der Waals surface area contributed by atoms with Crippen molar-refractivity contribution in [2.75, 3.05) is 0 Å². The number of aromatic amines is 2. The summed E-state index contributed by atoms with van der Waals surface area (Å²) in [6.45, 7) is 2.41. The lowest BCUT2D eigenvalue weighted by Gasteiger charge is -2.08. The number of imidazole rings is 2. The predicted octanol–water partition coefficient (Wildman–Crippen LogP) is 5.03. The molecule has 2 N–H and O–H groups in total. The number of aryl methyl sites for hydroxylation is 1. The number of hydrogen-bond donors (Lipinski definition) is 2. The van der Waals surface area contributed by atoms with Crippen molar-refractivity contribution < 1.29 is 4.74 Å². The molecule has 0 amide bonds. The van der Waals surface area contributed by atoms with Crippen LogP contribution in [0.15, 0.2) is 85.7 Å². The highest BCUT2D eigenvalue weighted by molar-refractivity contribution is 5.92. The van der Waals surface area contributed by atoms with Gasteiger partial charge in [-0.2, -0.15) is 5.10 Å². The van der Waals surface area contributed by atoms with Crippen molar-refractivity contribution in [2.45, 2.75) is 13.5 Å². The van der Waals surface area contributed by atoms with Crippen molar-refractivity contribution >= 4 is 22.2 Å². The second-order valence-corrected chi connectivity index (χ2v) is 8.88. The van der Waals surface area contributed by atoms with E-state index in [0.29, 0.717) is 35.0 Å². The summed E-state index contributed by atoms with van der Waals surface area (Å²) in [5.41, 5.74) is 7.99. The van der Waals surface area contributed by atoms with E-state index in [1.807, 2.05) is 72.3 Å². The molecule has 0 aliphatic heterocycles. The molecule has 0 aliphatic carbocycles. The van der Waals surface area contributed by atoms with Gasteiger partial charge in [-0.15, -0.1) is 0 Å². The molecule has 6 aromatic heterocycles. The Kier molecular flexibility index (Phi) is 5.14. The lowest BCUT2D eigenvalue weighted by Crippen LogP contribution is -1.96. The standard InChI is InChI=1S/C28H21N9O/c1-17-14-37(16-31-17)23-9-10-30-27-25(23)33-28(34-27)26-24-22(35-36-26)8-7-21(32-24)19-11-20(13-29-12-19)38-15-18-5-3-2-4-6-18/h2-14,16H,15H2,1H3,(H,35,36)(H,30,33,34). The predicted molar refractivity (Wildman–Crippen MR) is 143 cm³/mol. The van der Waals surface area contributed by atoms with Crippen LogP contribution in [-0.2, 0) is 6.61 Å². The molecule has 38 heavy (non-hydrogen) atoms. The van der Waals surface area contributed by atoms with Crippen molar-refractivity contribution in [3.63, 3.8) is 0 Å². The average molecular weight is 500 g/mol. The van der Waals surface area contributed by atoms with Crippen LogP contribution in [0.2, 0.25) is 0 Å². The van der Waals surface area contributed by atoms with E-state index in [1.165, 1.54) is 0 Å². The van der Waals surface area contributed by atoms with Gasteiger partial charge in [0.1, 0.15) is 23.4 Å². The molecule has 7 rings (SSSR count). The SMILES string of the molecule is Cc1cn(-c2ccnc3nc(-c4n[nH]c5ccc(-c6cncc(OCc7ccccc7)c6)nc45)[nH]c23)cn1. The van der Waals surface area contributed by atoms with E-state index in [4.69, 9.17) is 14.7 Å². The molecule has 0 aliphatic rings. The van der Waals surface area contributed by atoms with Crippen LogP contribution < -0.4 is 4.74 Å². The summed E-state index contributed by atoms with van der Waals surface area (Å²) in [7, 11) is 0. The first-order valence-electron chi connectivity index (χ1n) is 12.0. The molecular formula is C28H21N9O. The molecule has 0 atom stereocenters. The zero-order valence-corrected chi connectivity index (χ0v) is 20.3. The fourth-order valence-electron chi connectivity index (χ4n) is 4.38. The number of pyridine rings is 3. The molecule has 184 valence electrons. The molecule has 0 radical (unpaired) electrons. The molecule has 6 heterocycles. The van der Waals surface area contributed by atoms with Gasteiger partial charge in [-0.05, 0) is 36.8 Å². The fraction of sp³-hybridized carbons (Fsp3) is 0.0714. The monoisotopic (exact) mass is 499 g/mol. The molecule has 0 fully saturated rings. The van der Waals surface area contributed by atoms with Gasteiger partial charge in [0.05, 0.1) is 35.1 Å². The summed E-state index contributed by atoms with van der Waals surface area (Å²) in [4.78, 5) is 26.2. The van der Waals surface area contributed by atoms with Crippen molar-refractivity contribution in [1.29, 1.82) is 0 Å². The van der Waals surface area contributed by atoms with Crippen LogP contribution in [0.3, 0.4) is 0 Å². The van der Waals surface area contributed by atoms with Gasteiger partial charge in [0.15, 0.2) is 17.2 Å². The number of aromatic nitrogens is 9. The number of fused-ring (bicyclic) bond motifs is 2. The van der Waals surface area contributed by atoms with Gasteiger partial charge < -0.3 is 14.3 Å². The molecule has 7 aromatic rings. The Morgan fingerprint density at radius 2 is 1.89 bits per heavy atom. The van der Waals surface area contributed by atoms with Gasteiger partial charge in [-0.3, -0.25) is 10.1 Å². The molecule has 0 spiro atoms. The highest BCUT2D eigenvalue weighted by atomic mass is 16.5. The second kappa shape index (κ2) is 8.93. The van der Waals surface area contributed by atoms with Crippen LogP contribution in [0.4, 0.5) is 0 Å². The summed E-state index contributed by atoms with van der Waals surface area (Å²) in [6, 6.07) is 17.8. The maximum atomic E-state index is 5.97. The Morgan fingerprint density at radius 1 is 0.974 bits per heavy atom. The average Bonchev–Trinajstić information content (AvgIpc) is 3.70. The largest absolute Gasteiger partial charge is 0.487 e. The summed E-state index contributed by atoms with van der Waals surface area (Å²) >= 11 is 0.